The van der Waals surface area contributed by atoms with Gasteiger partial charge in [-0.1, -0.05) is 6.07 Å². The summed E-state index contributed by atoms with van der Waals surface area (Å²) in [6, 6.07) is 7.35. The molecule has 1 aromatic rings. The maximum absolute atomic E-state index is 12.4. The van der Waals surface area contributed by atoms with Crippen LogP contribution in [-0.4, -0.2) is 56.0 Å². The van der Waals surface area contributed by atoms with Gasteiger partial charge in [0.25, 0.3) is 0 Å². The zero-order chi connectivity index (χ0) is 15.5. The van der Waals surface area contributed by atoms with Crippen molar-refractivity contribution in [2.45, 2.75) is 18.9 Å². The fourth-order valence-corrected chi connectivity index (χ4v) is 3.00. The molecule has 2 heterocycles. The molecule has 6 heteroatoms. The Kier molecular flexibility index (Phi) is 4.40. The third-order valence-corrected chi connectivity index (χ3v) is 4.31. The number of amides is 2. The lowest BCUT2D eigenvalue weighted by Gasteiger charge is -2.31. The third kappa shape index (κ3) is 3.13. The van der Waals surface area contributed by atoms with Gasteiger partial charge in [-0.25, -0.2) is 0 Å². The average Bonchev–Trinajstić information content (AvgIpc) is 2.94. The summed E-state index contributed by atoms with van der Waals surface area (Å²) in [6.45, 7) is 3.19. The van der Waals surface area contributed by atoms with E-state index >= 15 is 0 Å². The molecule has 2 aliphatic heterocycles. The quantitative estimate of drug-likeness (QED) is 0.861. The predicted octanol–water partition coefficient (Wildman–Crippen LogP) is 0.655. The van der Waals surface area contributed by atoms with Crippen molar-refractivity contribution in [2.24, 2.45) is 0 Å². The molecule has 0 radical (unpaired) electrons. The first-order valence-electron chi connectivity index (χ1n) is 7.77. The Bertz CT molecular complexity index is 575. The summed E-state index contributed by atoms with van der Waals surface area (Å²) in [5.74, 6) is 0.138. The van der Waals surface area contributed by atoms with E-state index in [1.54, 1.807) is 4.90 Å². The van der Waals surface area contributed by atoms with Gasteiger partial charge in [0, 0.05) is 44.0 Å². The summed E-state index contributed by atoms with van der Waals surface area (Å²) in [4.78, 5) is 28.1. The van der Waals surface area contributed by atoms with E-state index in [9.17, 15) is 9.59 Å². The van der Waals surface area contributed by atoms with Gasteiger partial charge in [0.1, 0.15) is 6.04 Å². The summed E-state index contributed by atoms with van der Waals surface area (Å²) in [5, 5.41) is 6.20. The van der Waals surface area contributed by atoms with Crippen molar-refractivity contribution >= 4 is 23.2 Å². The third-order valence-electron chi connectivity index (χ3n) is 4.31. The molecule has 6 nitrogen and oxygen atoms in total. The minimum absolute atomic E-state index is 0.0143. The lowest BCUT2D eigenvalue weighted by Crippen LogP contribution is -2.54. The van der Waals surface area contributed by atoms with Gasteiger partial charge in [-0.2, -0.15) is 0 Å². The number of piperazine rings is 1. The minimum atomic E-state index is -0.161. The largest absolute Gasteiger partial charge is 0.325 e. The van der Waals surface area contributed by atoms with Crippen LogP contribution in [0, 0.1) is 0 Å². The van der Waals surface area contributed by atoms with Gasteiger partial charge in [-0.3, -0.25) is 14.5 Å². The topological polar surface area (TPSA) is 64.7 Å². The van der Waals surface area contributed by atoms with Crippen molar-refractivity contribution in [3.8, 4) is 0 Å². The summed E-state index contributed by atoms with van der Waals surface area (Å²) < 4.78 is 0. The molecule has 2 amide bonds. The fraction of sp³-hybridized carbons (Fsp3) is 0.500. The number of hydrogen-bond acceptors (Lipinski definition) is 4. The SMILES string of the molecule is CN1CCNCC1C(=O)Nc1cccc(N2CCCC2=O)c1. The molecule has 1 aromatic carbocycles. The molecule has 1 atom stereocenters. The van der Waals surface area contributed by atoms with Gasteiger partial charge in [0.05, 0.1) is 0 Å². The number of anilines is 2. The first-order valence-corrected chi connectivity index (χ1v) is 7.77. The average molecular weight is 302 g/mol. The molecule has 118 valence electrons. The molecule has 2 saturated heterocycles. The monoisotopic (exact) mass is 302 g/mol. The fourth-order valence-electron chi connectivity index (χ4n) is 3.00. The van der Waals surface area contributed by atoms with E-state index in [1.165, 1.54) is 0 Å². The molecule has 0 saturated carbocycles. The molecule has 0 bridgehead atoms. The van der Waals surface area contributed by atoms with E-state index in [1.807, 2.05) is 31.3 Å². The van der Waals surface area contributed by atoms with Gasteiger partial charge in [0.2, 0.25) is 11.8 Å². The zero-order valence-electron chi connectivity index (χ0n) is 12.8. The molecule has 2 fully saturated rings. The van der Waals surface area contributed by atoms with Crippen molar-refractivity contribution in [3.63, 3.8) is 0 Å². The smallest absolute Gasteiger partial charge is 0.243 e. The van der Waals surface area contributed by atoms with Crippen LogP contribution in [-0.2, 0) is 9.59 Å². The number of hydrogen-bond donors (Lipinski definition) is 2. The first kappa shape index (κ1) is 15.0. The van der Waals surface area contributed by atoms with Crippen LogP contribution in [0.15, 0.2) is 24.3 Å². The highest BCUT2D eigenvalue weighted by Gasteiger charge is 2.26. The Morgan fingerprint density at radius 1 is 1.36 bits per heavy atom. The molecule has 0 aromatic heterocycles. The molecule has 2 aliphatic rings. The molecule has 1 unspecified atom stereocenters. The van der Waals surface area contributed by atoms with Crippen molar-refractivity contribution in [2.75, 3.05) is 43.4 Å². The molecule has 0 aliphatic carbocycles. The molecule has 2 N–H and O–H groups in total. The minimum Gasteiger partial charge on any atom is -0.325 e. The second-order valence-electron chi connectivity index (χ2n) is 5.89. The highest BCUT2D eigenvalue weighted by atomic mass is 16.2. The lowest BCUT2D eigenvalue weighted by atomic mass is 10.2. The number of carbonyl (C=O) groups is 2. The molecule has 3 rings (SSSR count). The zero-order valence-corrected chi connectivity index (χ0v) is 12.8. The van der Waals surface area contributed by atoms with Crippen molar-refractivity contribution < 1.29 is 9.59 Å². The highest BCUT2D eigenvalue weighted by Crippen LogP contribution is 2.24. The summed E-state index contributed by atoms with van der Waals surface area (Å²) >= 11 is 0. The second-order valence-corrected chi connectivity index (χ2v) is 5.89. The van der Waals surface area contributed by atoms with E-state index in [0.717, 1.165) is 37.4 Å². The number of carbonyl (C=O) groups excluding carboxylic acids is 2. The van der Waals surface area contributed by atoms with Crippen LogP contribution in [0.25, 0.3) is 0 Å². The number of nitrogens with one attached hydrogen (secondary N) is 2. The maximum Gasteiger partial charge on any atom is 0.243 e. The van der Waals surface area contributed by atoms with Crippen LogP contribution < -0.4 is 15.5 Å². The Labute approximate surface area is 130 Å². The molecule has 0 spiro atoms. The second kappa shape index (κ2) is 6.46. The number of nitrogens with zero attached hydrogens (tertiary/aromatic N) is 2. The maximum atomic E-state index is 12.4. The first-order chi connectivity index (χ1) is 10.6. The number of rotatable bonds is 3. The molecular formula is C16H22N4O2. The Hall–Kier alpha value is -1.92. The predicted molar refractivity (Wildman–Crippen MR) is 85.9 cm³/mol. The van der Waals surface area contributed by atoms with Crippen LogP contribution in [0.2, 0.25) is 0 Å². The van der Waals surface area contributed by atoms with Crippen LogP contribution in [0.4, 0.5) is 11.4 Å². The van der Waals surface area contributed by atoms with Crippen LogP contribution >= 0.6 is 0 Å². The summed E-state index contributed by atoms with van der Waals surface area (Å²) in [5.41, 5.74) is 1.59. The van der Waals surface area contributed by atoms with Gasteiger partial charge in [-0.15, -0.1) is 0 Å². The normalized spacial score (nSPS) is 22.9. The van der Waals surface area contributed by atoms with Gasteiger partial charge in [0.15, 0.2) is 0 Å². The molecular weight excluding hydrogens is 280 g/mol. The number of benzene rings is 1. The Morgan fingerprint density at radius 3 is 2.95 bits per heavy atom. The van der Waals surface area contributed by atoms with Crippen LogP contribution in [0.1, 0.15) is 12.8 Å². The lowest BCUT2D eigenvalue weighted by molar-refractivity contribution is -0.121. The van der Waals surface area contributed by atoms with Crippen LogP contribution in [0.3, 0.4) is 0 Å². The number of likely N-dealkylation sites (N-methyl/N-ethyl adjacent to an activating group) is 1. The van der Waals surface area contributed by atoms with Gasteiger partial charge in [-0.05, 0) is 31.7 Å². The van der Waals surface area contributed by atoms with E-state index in [2.05, 4.69) is 15.5 Å². The van der Waals surface area contributed by atoms with Crippen LogP contribution in [0.5, 0.6) is 0 Å². The Morgan fingerprint density at radius 2 is 2.23 bits per heavy atom. The van der Waals surface area contributed by atoms with Crippen molar-refractivity contribution in [1.82, 2.24) is 10.2 Å². The van der Waals surface area contributed by atoms with Gasteiger partial charge < -0.3 is 15.5 Å². The molecule has 22 heavy (non-hydrogen) atoms. The van der Waals surface area contributed by atoms with E-state index in [0.29, 0.717) is 13.0 Å². The highest BCUT2D eigenvalue weighted by molar-refractivity contribution is 5.98. The van der Waals surface area contributed by atoms with Gasteiger partial charge >= 0.3 is 0 Å². The standard InChI is InChI=1S/C16H22N4O2/c1-19-9-7-17-11-14(19)16(22)18-12-4-2-5-13(10-12)20-8-3-6-15(20)21/h2,4-5,10,14,17H,3,6-9,11H2,1H3,(H,18,22). The summed E-state index contributed by atoms with van der Waals surface area (Å²) in [6.07, 6.45) is 1.50. The van der Waals surface area contributed by atoms with Crippen molar-refractivity contribution in [1.29, 1.82) is 0 Å². The van der Waals surface area contributed by atoms with E-state index < -0.39 is 0 Å². The van der Waals surface area contributed by atoms with Crippen molar-refractivity contribution in [3.05, 3.63) is 24.3 Å². The van der Waals surface area contributed by atoms with E-state index in [4.69, 9.17) is 0 Å². The Balaban J connectivity index is 1.70. The summed E-state index contributed by atoms with van der Waals surface area (Å²) in [7, 11) is 1.96. The van der Waals surface area contributed by atoms with E-state index in [-0.39, 0.29) is 17.9 Å².